The number of phenols is 1. The van der Waals surface area contributed by atoms with Gasteiger partial charge in [-0.05, 0) is 23.6 Å². The number of aromatic hydroxyl groups is 1. The van der Waals surface area contributed by atoms with Crippen LogP contribution in [0.4, 0.5) is 0 Å². The van der Waals surface area contributed by atoms with Crippen molar-refractivity contribution < 1.29 is 19.8 Å². The molecule has 6 heteroatoms. The highest BCUT2D eigenvalue weighted by Gasteiger charge is 2.29. The lowest BCUT2D eigenvalue weighted by Crippen LogP contribution is -2.45. The van der Waals surface area contributed by atoms with E-state index in [1.54, 1.807) is 0 Å². The van der Waals surface area contributed by atoms with Gasteiger partial charge in [-0.25, -0.2) is 0 Å². The summed E-state index contributed by atoms with van der Waals surface area (Å²) in [7, 11) is 0. The fourth-order valence-electron chi connectivity index (χ4n) is 1.67. The molecule has 5 nitrogen and oxygen atoms in total. The third kappa shape index (κ3) is 4.42. The van der Waals surface area contributed by atoms with Crippen LogP contribution in [-0.4, -0.2) is 28.1 Å². The van der Waals surface area contributed by atoms with Gasteiger partial charge in [-0.1, -0.05) is 32.4 Å². The van der Waals surface area contributed by atoms with Crippen LogP contribution in [0.5, 0.6) is 5.75 Å². The van der Waals surface area contributed by atoms with Crippen LogP contribution in [0.3, 0.4) is 0 Å². The second kappa shape index (κ2) is 6.13. The van der Waals surface area contributed by atoms with Crippen LogP contribution in [0.25, 0.3) is 0 Å². The fourth-order valence-corrected chi connectivity index (χ4v) is 1.85. The van der Waals surface area contributed by atoms with Crippen molar-refractivity contribution in [2.75, 3.05) is 0 Å². The average molecular weight is 300 g/mol. The van der Waals surface area contributed by atoms with Gasteiger partial charge in [0.1, 0.15) is 5.75 Å². The van der Waals surface area contributed by atoms with Gasteiger partial charge in [0.25, 0.3) is 5.91 Å². The first-order valence-electron chi connectivity index (χ1n) is 6.12. The molecule has 1 amide bonds. The molecule has 1 aromatic carbocycles. The summed E-state index contributed by atoms with van der Waals surface area (Å²) in [6.45, 7) is 5.50. The van der Waals surface area contributed by atoms with Crippen LogP contribution in [0.1, 0.15) is 37.6 Å². The van der Waals surface area contributed by atoms with Crippen molar-refractivity contribution in [1.29, 1.82) is 0 Å². The number of aliphatic carboxylic acids is 1. The summed E-state index contributed by atoms with van der Waals surface area (Å²) in [5.74, 6) is -1.75. The molecule has 0 aliphatic rings. The van der Waals surface area contributed by atoms with E-state index in [2.05, 4.69) is 5.32 Å². The van der Waals surface area contributed by atoms with Gasteiger partial charge in [-0.15, -0.1) is 0 Å². The van der Waals surface area contributed by atoms with Crippen molar-refractivity contribution in [3.05, 3.63) is 28.8 Å². The smallest absolute Gasteiger partial charge is 0.305 e. The number of hydrogen-bond acceptors (Lipinski definition) is 3. The highest BCUT2D eigenvalue weighted by Crippen LogP contribution is 2.25. The number of carboxylic acids is 1. The maximum Gasteiger partial charge on any atom is 0.305 e. The van der Waals surface area contributed by atoms with Gasteiger partial charge in [-0.2, -0.15) is 0 Å². The van der Waals surface area contributed by atoms with E-state index in [0.29, 0.717) is 5.02 Å². The van der Waals surface area contributed by atoms with Gasteiger partial charge >= 0.3 is 5.97 Å². The first-order chi connectivity index (χ1) is 9.11. The molecule has 0 saturated heterocycles. The third-order valence-corrected chi connectivity index (χ3v) is 3.17. The Kier molecular flexibility index (Phi) is 5.00. The lowest BCUT2D eigenvalue weighted by Gasteiger charge is -2.30. The Hall–Kier alpha value is -1.75. The molecule has 110 valence electrons. The Morgan fingerprint density at radius 1 is 1.35 bits per heavy atom. The van der Waals surface area contributed by atoms with Crippen molar-refractivity contribution in [3.8, 4) is 5.75 Å². The Balaban J connectivity index is 2.96. The quantitative estimate of drug-likeness (QED) is 0.797. The summed E-state index contributed by atoms with van der Waals surface area (Å²) in [4.78, 5) is 23.0. The number of carbonyl (C=O) groups excluding carboxylic acids is 1. The van der Waals surface area contributed by atoms with E-state index < -0.39 is 23.3 Å². The molecule has 0 aromatic heterocycles. The molecule has 0 fully saturated rings. The minimum Gasteiger partial charge on any atom is -0.507 e. The number of halogens is 1. The molecule has 0 heterocycles. The van der Waals surface area contributed by atoms with Crippen LogP contribution in [0, 0.1) is 5.41 Å². The molecule has 0 saturated carbocycles. The fraction of sp³-hybridized carbons (Fsp3) is 0.429. The minimum atomic E-state index is -0.999. The van der Waals surface area contributed by atoms with Gasteiger partial charge in [0.2, 0.25) is 0 Å². The third-order valence-electron chi connectivity index (χ3n) is 2.93. The zero-order chi connectivity index (χ0) is 15.5. The summed E-state index contributed by atoms with van der Waals surface area (Å²) < 4.78 is 0. The molecule has 20 heavy (non-hydrogen) atoms. The molecule has 0 aliphatic carbocycles. The number of phenolic OH excluding ortho intramolecular Hbond substituents is 1. The largest absolute Gasteiger partial charge is 0.507 e. The van der Waals surface area contributed by atoms with Crippen molar-refractivity contribution in [2.24, 2.45) is 5.41 Å². The zero-order valence-electron chi connectivity index (χ0n) is 11.6. The molecular weight excluding hydrogens is 282 g/mol. The summed E-state index contributed by atoms with van der Waals surface area (Å²) in [6, 6.07) is 3.56. The number of carboxylic acid groups (broad SMARTS) is 1. The molecule has 1 rings (SSSR count). The molecule has 0 spiro atoms. The van der Waals surface area contributed by atoms with Gasteiger partial charge < -0.3 is 15.5 Å². The SMILES string of the molecule is CC(C)(C)C(CC(=O)O)NC(=O)c1cc(Cl)ccc1O. The molecule has 1 unspecified atom stereocenters. The van der Waals surface area contributed by atoms with E-state index in [9.17, 15) is 14.7 Å². The maximum atomic E-state index is 12.1. The summed E-state index contributed by atoms with van der Waals surface area (Å²) in [6.07, 6.45) is -0.198. The minimum absolute atomic E-state index is 0.0251. The van der Waals surface area contributed by atoms with Crippen molar-refractivity contribution in [2.45, 2.75) is 33.2 Å². The number of benzene rings is 1. The number of rotatable bonds is 4. The van der Waals surface area contributed by atoms with Gasteiger partial charge in [0.15, 0.2) is 0 Å². The Labute approximate surface area is 122 Å². The molecular formula is C14H18ClNO4. The highest BCUT2D eigenvalue weighted by molar-refractivity contribution is 6.31. The van der Waals surface area contributed by atoms with E-state index in [-0.39, 0.29) is 17.7 Å². The maximum absolute atomic E-state index is 12.1. The molecule has 0 aliphatic heterocycles. The first kappa shape index (κ1) is 16.3. The summed E-state index contributed by atoms with van der Waals surface area (Å²) in [5, 5.41) is 21.5. The predicted molar refractivity (Wildman–Crippen MR) is 76.1 cm³/mol. The average Bonchev–Trinajstić information content (AvgIpc) is 2.29. The second-order valence-electron chi connectivity index (χ2n) is 5.65. The van der Waals surface area contributed by atoms with Gasteiger partial charge in [-0.3, -0.25) is 9.59 Å². The molecule has 3 N–H and O–H groups in total. The number of hydrogen-bond donors (Lipinski definition) is 3. The molecule has 1 aromatic rings. The topological polar surface area (TPSA) is 86.6 Å². The Morgan fingerprint density at radius 3 is 2.45 bits per heavy atom. The van der Waals surface area contributed by atoms with E-state index in [0.717, 1.165) is 0 Å². The predicted octanol–water partition coefficient (Wildman–Crippen LogP) is 2.66. The van der Waals surface area contributed by atoms with E-state index in [1.807, 2.05) is 20.8 Å². The Morgan fingerprint density at radius 2 is 1.95 bits per heavy atom. The first-order valence-corrected chi connectivity index (χ1v) is 6.50. The van der Waals surface area contributed by atoms with Crippen LogP contribution in [0.15, 0.2) is 18.2 Å². The van der Waals surface area contributed by atoms with Gasteiger partial charge in [0.05, 0.1) is 12.0 Å². The van der Waals surface area contributed by atoms with Crippen molar-refractivity contribution in [1.82, 2.24) is 5.32 Å². The van der Waals surface area contributed by atoms with Crippen LogP contribution >= 0.6 is 11.6 Å². The van der Waals surface area contributed by atoms with E-state index in [1.165, 1.54) is 18.2 Å². The number of amides is 1. The monoisotopic (exact) mass is 299 g/mol. The van der Waals surface area contributed by atoms with Crippen molar-refractivity contribution in [3.63, 3.8) is 0 Å². The second-order valence-corrected chi connectivity index (χ2v) is 6.09. The van der Waals surface area contributed by atoms with Gasteiger partial charge in [0, 0.05) is 11.1 Å². The lowest BCUT2D eigenvalue weighted by molar-refractivity contribution is -0.138. The number of carbonyl (C=O) groups is 2. The lowest BCUT2D eigenvalue weighted by atomic mass is 9.84. The van der Waals surface area contributed by atoms with Crippen LogP contribution in [-0.2, 0) is 4.79 Å². The standard InChI is InChI=1S/C14H18ClNO4/c1-14(2,3)11(7-12(18)19)16-13(20)9-6-8(15)4-5-10(9)17/h4-6,11,17H,7H2,1-3H3,(H,16,20)(H,18,19). The summed E-state index contributed by atoms with van der Waals surface area (Å²) in [5.41, 5.74) is -0.403. The molecule has 0 bridgehead atoms. The molecule has 1 atom stereocenters. The summed E-state index contributed by atoms with van der Waals surface area (Å²) >= 11 is 5.79. The van der Waals surface area contributed by atoms with E-state index in [4.69, 9.17) is 16.7 Å². The highest BCUT2D eigenvalue weighted by atomic mass is 35.5. The van der Waals surface area contributed by atoms with Crippen molar-refractivity contribution >= 4 is 23.5 Å². The van der Waals surface area contributed by atoms with E-state index >= 15 is 0 Å². The van der Waals surface area contributed by atoms with Crippen LogP contribution < -0.4 is 5.32 Å². The van der Waals surface area contributed by atoms with Crippen LogP contribution in [0.2, 0.25) is 5.02 Å². The Bertz CT molecular complexity index is 522. The molecule has 0 radical (unpaired) electrons. The zero-order valence-corrected chi connectivity index (χ0v) is 12.4. The number of nitrogens with one attached hydrogen (secondary N) is 1. The normalized spacial score (nSPS) is 12.8.